The van der Waals surface area contributed by atoms with Crippen molar-refractivity contribution in [1.82, 2.24) is 0 Å². The van der Waals surface area contributed by atoms with Gasteiger partial charge in [-0.25, -0.2) is 4.39 Å². The first kappa shape index (κ1) is 12.4. The van der Waals surface area contributed by atoms with E-state index in [0.717, 1.165) is 11.3 Å². The van der Waals surface area contributed by atoms with Crippen LogP contribution in [0, 0.1) is 5.41 Å². The third kappa shape index (κ3) is 1.64. The third-order valence-electron chi connectivity index (χ3n) is 4.19. The highest BCUT2D eigenvalue weighted by Crippen LogP contribution is 2.56. The number of benzene rings is 1. The minimum atomic E-state index is -0.432. The molecule has 2 unspecified atom stereocenters. The zero-order valence-electron chi connectivity index (χ0n) is 10.8. The number of methoxy groups -OCH3 is 1. The summed E-state index contributed by atoms with van der Waals surface area (Å²) in [6.45, 7) is 5.68. The molecule has 94 valence electrons. The predicted octanol–water partition coefficient (Wildman–Crippen LogP) is 3.30. The molecule has 0 radical (unpaired) electrons. The topological polar surface area (TPSA) is 18.5 Å². The molecule has 1 aromatic rings. The largest absolute Gasteiger partial charge is 0.497 e. The lowest BCUT2D eigenvalue weighted by atomic mass is 9.63. The number of ether oxygens (including phenoxy) is 2. The second-order valence-corrected chi connectivity index (χ2v) is 5.24. The molecule has 1 heterocycles. The van der Waals surface area contributed by atoms with Crippen LogP contribution in [0.2, 0.25) is 0 Å². The van der Waals surface area contributed by atoms with Crippen LogP contribution < -0.4 is 4.74 Å². The minimum absolute atomic E-state index is 0.198. The Kier molecular flexibility index (Phi) is 2.90. The van der Waals surface area contributed by atoms with E-state index in [9.17, 15) is 4.39 Å². The van der Waals surface area contributed by atoms with Gasteiger partial charge in [0.25, 0.3) is 0 Å². The van der Waals surface area contributed by atoms with E-state index in [1.54, 1.807) is 7.11 Å². The van der Waals surface area contributed by atoms with Crippen LogP contribution in [-0.2, 0) is 10.3 Å². The summed E-state index contributed by atoms with van der Waals surface area (Å²) in [6, 6.07) is 7.77. The van der Waals surface area contributed by atoms with Gasteiger partial charge in [-0.1, -0.05) is 26.0 Å². The molecule has 1 fully saturated rings. The van der Waals surface area contributed by atoms with Gasteiger partial charge in [0.15, 0.2) is 0 Å². The molecule has 2 rings (SSSR count). The van der Waals surface area contributed by atoms with Crippen LogP contribution in [0.5, 0.6) is 5.75 Å². The van der Waals surface area contributed by atoms with Crippen molar-refractivity contribution in [3.8, 4) is 5.75 Å². The van der Waals surface area contributed by atoms with Crippen LogP contribution in [0.3, 0.4) is 0 Å². The van der Waals surface area contributed by atoms with Crippen LogP contribution >= 0.6 is 0 Å². The summed E-state index contributed by atoms with van der Waals surface area (Å²) in [6.07, 6.45) is -0.311. The Labute approximate surface area is 102 Å². The van der Waals surface area contributed by atoms with Crippen molar-refractivity contribution in [3.63, 3.8) is 0 Å². The number of rotatable bonds is 3. The molecule has 2 nitrogen and oxygen atoms in total. The van der Waals surface area contributed by atoms with Crippen LogP contribution in [0.15, 0.2) is 24.3 Å². The Balaban J connectivity index is 2.28. The lowest BCUT2D eigenvalue weighted by Crippen LogP contribution is -2.63. The van der Waals surface area contributed by atoms with Crippen molar-refractivity contribution in [3.05, 3.63) is 29.8 Å². The molecule has 1 saturated heterocycles. The highest BCUT2D eigenvalue weighted by atomic mass is 19.1. The van der Waals surface area contributed by atoms with Crippen molar-refractivity contribution in [2.24, 2.45) is 5.41 Å². The van der Waals surface area contributed by atoms with Gasteiger partial charge in [-0.3, -0.25) is 0 Å². The first-order chi connectivity index (χ1) is 7.95. The van der Waals surface area contributed by atoms with E-state index in [1.165, 1.54) is 0 Å². The van der Waals surface area contributed by atoms with Crippen LogP contribution in [0.25, 0.3) is 0 Å². The van der Waals surface area contributed by atoms with E-state index in [2.05, 4.69) is 0 Å². The standard InChI is InChI=1S/C14H19FO2/c1-13(2)12(9-15)17-14(13,3)10-5-7-11(16-4)8-6-10/h5-8,12H,9H2,1-4H3. The Morgan fingerprint density at radius 2 is 1.82 bits per heavy atom. The molecule has 1 aliphatic heterocycles. The van der Waals surface area contributed by atoms with Crippen molar-refractivity contribution >= 4 is 0 Å². The molecule has 0 N–H and O–H groups in total. The first-order valence-corrected chi connectivity index (χ1v) is 5.84. The molecule has 0 amide bonds. The molecular weight excluding hydrogens is 219 g/mol. The van der Waals surface area contributed by atoms with Crippen LogP contribution in [-0.4, -0.2) is 19.9 Å². The monoisotopic (exact) mass is 238 g/mol. The predicted molar refractivity (Wildman–Crippen MR) is 65.0 cm³/mol. The van der Waals surface area contributed by atoms with E-state index in [0.29, 0.717) is 0 Å². The number of hydrogen-bond donors (Lipinski definition) is 0. The summed E-state index contributed by atoms with van der Waals surface area (Å²) >= 11 is 0. The molecule has 2 atom stereocenters. The Morgan fingerprint density at radius 1 is 1.24 bits per heavy atom. The van der Waals surface area contributed by atoms with Gasteiger partial charge < -0.3 is 9.47 Å². The first-order valence-electron chi connectivity index (χ1n) is 5.84. The zero-order valence-corrected chi connectivity index (χ0v) is 10.8. The molecule has 0 aliphatic carbocycles. The van der Waals surface area contributed by atoms with Gasteiger partial charge in [0, 0.05) is 5.41 Å². The smallest absolute Gasteiger partial charge is 0.118 e. The maximum atomic E-state index is 12.8. The number of alkyl halides is 1. The van der Waals surface area contributed by atoms with Gasteiger partial charge in [0.1, 0.15) is 12.4 Å². The van der Waals surface area contributed by atoms with Gasteiger partial charge in [0.05, 0.1) is 18.8 Å². The van der Waals surface area contributed by atoms with Crippen molar-refractivity contribution in [1.29, 1.82) is 0 Å². The van der Waals surface area contributed by atoms with Gasteiger partial charge in [-0.15, -0.1) is 0 Å². The van der Waals surface area contributed by atoms with Crippen LogP contribution in [0.4, 0.5) is 4.39 Å². The van der Waals surface area contributed by atoms with E-state index >= 15 is 0 Å². The third-order valence-corrected chi connectivity index (χ3v) is 4.19. The molecule has 17 heavy (non-hydrogen) atoms. The van der Waals surface area contributed by atoms with Crippen molar-refractivity contribution in [2.75, 3.05) is 13.8 Å². The lowest BCUT2D eigenvalue weighted by Gasteiger charge is -2.59. The molecule has 0 bridgehead atoms. The van der Waals surface area contributed by atoms with Gasteiger partial charge >= 0.3 is 0 Å². The second kappa shape index (κ2) is 3.98. The lowest BCUT2D eigenvalue weighted by molar-refractivity contribution is -0.310. The summed E-state index contributed by atoms with van der Waals surface area (Å²) in [5.74, 6) is 0.816. The molecule has 1 aromatic carbocycles. The average Bonchev–Trinajstić information content (AvgIpc) is 2.35. The number of halogens is 1. The van der Waals surface area contributed by atoms with E-state index in [1.807, 2.05) is 45.0 Å². The Hall–Kier alpha value is -1.09. The Morgan fingerprint density at radius 3 is 2.24 bits per heavy atom. The molecule has 0 spiro atoms. The normalized spacial score (nSPS) is 30.8. The molecular formula is C14H19FO2. The molecule has 3 heteroatoms. The highest BCUT2D eigenvalue weighted by molar-refractivity contribution is 5.34. The summed E-state index contributed by atoms with van der Waals surface area (Å²) in [5, 5.41) is 0. The van der Waals surface area contributed by atoms with Crippen LogP contribution in [0.1, 0.15) is 26.3 Å². The minimum Gasteiger partial charge on any atom is -0.497 e. The SMILES string of the molecule is COc1ccc(C2(C)OC(CF)C2(C)C)cc1. The zero-order chi connectivity index (χ0) is 12.7. The van der Waals surface area contributed by atoms with Crippen molar-refractivity contribution in [2.45, 2.75) is 32.5 Å². The van der Waals surface area contributed by atoms with E-state index in [-0.39, 0.29) is 11.5 Å². The molecule has 0 saturated carbocycles. The van der Waals surface area contributed by atoms with Gasteiger partial charge in [-0.05, 0) is 24.6 Å². The van der Waals surface area contributed by atoms with E-state index < -0.39 is 12.3 Å². The quantitative estimate of drug-likeness (QED) is 0.804. The van der Waals surface area contributed by atoms with Gasteiger partial charge in [-0.2, -0.15) is 0 Å². The fourth-order valence-corrected chi connectivity index (χ4v) is 2.41. The number of hydrogen-bond acceptors (Lipinski definition) is 2. The summed E-state index contributed by atoms with van der Waals surface area (Å²) in [4.78, 5) is 0. The Bertz CT molecular complexity index is 399. The molecule has 0 aromatic heterocycles. The fourth-order valence-electron chi connectivity index (χ4n) is 2.41. The maximum Gasteiger partial charge on any atom is 0.118 e. The van der Waals surface area contributed by atoms with Crippen molar-refractivity contribution < 1.29 is 13.9 Å². The summed E-state index contributed by atoms with van der Waals surface area (Å²) in [7, 11) is 1.64. The average molecular weight is 238 g/mol. The highest BCUT2D eigenvalue weighted by Gasteiger charge is 2.59. The maximum absolute atomic E-state index is 12.8. The second-order valence-electron chi connectivity index (χ2n) is 5.24. The fraction of sp³-hybridized carbons (Fsp3) is 0.571. The summed E-state index contributed by atoms with van der Waals surface area (Å²) < 4.78 is 23.6. The summed E-state index contributed by atoms with van der Waals surface area (Å²) in [5.41, 5.74) is 0.444. The van der Waals surface area contributed by atoms with E-state index in [4.69, 9.17) is 9.47 Å². The van der Waals surface area contributed by atoms with Gasteiger partial charge in [0.2, 0.25) is 0 Å². The molecule has 1 aliphatic rings.